The van der Waals surface area contributed by atoms with E-state index in [2.05, 4.69) is 5.32 Å². The summed E-state index contributed by atoms with van der Waals surface area (Å²) in [5, 5.41) is 21.9. The highest BCUT2D eigenvalue weighted by Gasteiger charge is 2.29. The number of benzene rings is 1. The maximum absolute atomic E-state index is 11.5. The first-order valence-electron chi connectivity index (χ1n) is 5.92. The Hall–Kier alpha value is -2.14. The van der Waals surface area contributed by atoms with Crippen molar-refractivity contribution in [2.24, 2.45) is 0 Å². The maximum Gasteiger partial charge on any atom is 0.337 e. The van der Waals surface area contributed by atoms with Crippen LogP contribution in [0.3, 0.4) is 0 Å². The summed E-state index contributed by atoms with van der Waals surface area (Å²) < 4.78 is 0. The van der Waals surface area contributed by atoms with E-state index >= 15 is 0 Å². The van der Waals surface area contributed by atoms with E-state index in [-0.39, 0.29) is 24.2 Å². The highest BCUT2D eigenvalue weighted by atomic mass is 16.4. The number of carbonyl (C=O) groups excluding carboxylic acids is 1. The molecule has 0 aliphatic heterocycles. The number of aromatic carboxylic acids is 1. The minimum atomic E-state index is -1.09. The van der Waals surface area contributed by atoms with Crippen molar-refractivity contribution in [1.82, 2.24) is 0 Å². The zero-order valence-electron chi connectivity index (χ0n) is 10.5. The number of hydrogen-bond acceptors (Lipinski definition) is 4. The molecule has 5 heteroatoms. The van der Waals surface area contributed by atoms with Crippen molar-refractivity contribution in [3.05, 3.63) is 41.6 Å². The molecule has 0 amide bonds. The lowest BCUT2D eigenvalue weighted by Gasteiger charge is -2.28. The lowest BCUT2D eigenvalue weighted by atomic mass is 9.88. The van der Waals surface area contributed by atoms with E-state index in [9.17, 15) is 14.7 Å². The third-order valence-electron chi connectivity index (χ3n) is 2.91. The normalized spacial score (nSPS) is 22.8. The van der Waals surface area contributed by atoms with Gasteiger partial charge in [-0.2, -0.15) is 0 Å². The zero-order valence-corrected chi connectivity index (χ0v) is 10.5. The number of aliphatic hydroxyl groups is 1. The molecule has 0 bridgehead atoms. The van der Waals surface area contributed by atoms with Crippen molar-refractivity contribution in [2.45, 2.75) is 25.4 Å². The zero-order chi connectivity index (χ0) is 14.0. The van der Waals surface area contributed by atoms with Gasteiger partial charge in [0.05, 0.1) is 16.9 Å². The number of nitrogens with one attached hydrogen (secondary N) is 1. The number of allylic oxidation sites excluding steroid dienone is 1. The van der Waals surface area contributed by atoms with Gasteiger partial charge < -0.3 is 15.5 Å². The van der Waals surface area contributed by atoms with Gasteiger partial charge in [-0.3, -0.25) is 4.79 Å². The van der Waals surface area contributed by atoms with Gasteiger partial charge in [-0.05, 0) is 19.1 Å². The summed E-state index contributed by atoms with van der Waals surface area (Å²) in [6.45, 7) is 1.59. The Balaban J connectivity index is 2.27. The highest BCUT2D eigenvalue weighted by Crippen LogP contribution is 2.27. The van der Waals surface area contributed by atoms with Crippen molar-refractivity contribution < 1.29 is 19.8 Å². The first-order chi connectivity index (χ1) is 8.87. The van der Waals surface area contributed by atoms with Crippen LogP contribution in [0.5, 0.6) is 0 Å². The molecule has 19 heavy (non-hydrogen) atoms. The van der Waals surface area contributed by atoms with Gasteiger partial charge in [0.2, 0.25) is 0 Å². The topological polar surface area (TPSA) is 86.6 Å². The van der Waals surface area contributed by atoms with Crippen LogP contribution in [-0.2, 0) is 4.79 Å². The van der Waals surface area contributed by atoms with Gasteiger partial charge in [0.1, 0.15) is 0 Å². The fourth-order valence-corrected chi connectivity index (χ4v) is 2.18. The molecule has 0 saturated carbocycles. The molecule has 1 aliphatic carbocycles. The van der Waals surface area contributed by atoms with E-state index in [1.165, 1.54) is 12.1 Å². The largest absolute Gasteiger partial charge is 0.478 e. The molecule has 0 heterocycles. The van der Waals surface area contributed by atoms with E-state index in [1.807, 2.05) is 0 Å². The third kappa shape index (κ3) is 3.20. The number of carboxylic acids is 1. The average molecular weight is 261 g/mol. The number of carbonyl (C=O) groups is 2. The summed E-state index contributed by atoms with van der Waals surface area (Å²) in [6.07, 6.45) is 1.78. The second kappa shape index (κ2) is 4.85. The lowest BCUT2D eigenvalue weighted by molar-refractivity contribution is -0.119. The van der Waals surface area contributed by atoms with Gasteiger partial charge >= 0.3 is 5.97 Å². The number of rotatable bonds is 3. The smallest absolute Gasteiger partial charge is 0.337 e. The Morgan fingerprint density at radius 2 is 2.00 bits per heavy atom. The predicted octanol–water partition coefficient (Wildman–Crippen LogP) is 1.79. The van der Waals surface area contributed by atoms with Gasteiger partial charge in [-0.25, -0.2) is 4.79 Å². The first kappa shape index (κ1) is 13.3. The molecule has 1 atom stereocenters. The van der Waals surface area contributed by atoms with Crippen LogP contribution in [0.15, 0.2) is 36.0 Å². The van der Waals surface area contributed by atoms with E-state index in [0.717, 1.165) is 0 Å². The third-order valence-corrected chi connectivity index (χ3v) is 2.91. The van der Waals surface area contributed by atoms with Crippen molar-refractivity contribution >= 4 is 17.4 Å². The van der Waals surface area contributed by atoms with Gasteiger partial charge in [-0.1, -0.05) is 12.1 Å². The monoisotopic (exact) mass is 261 g/mol. The fraction of sp³-hybridized carbons (Fsp3) is 0.286. The van der Waals surface area contributed by atoms with Gasteiger partial charge in [0.15, 0.2) is 5.78 Å². The molecule has 1 aromatic carbocycles. The quantitative estimate of drug-likeness (QED) is 0.772. The molecule has 100 valence electrons. The van der Waals surface area contributed by atoms with Gasteiger partial charge in [-0.15, -0.1) is 0 Å². The summed E-state index contributed by atoms with van der Waals surface area (Å²) >= 11 is 0. The molecular weight excluding hydrogens is 246 g/mol. The molecule has 0 fully saturated rings. The lowest BCUT2D eigenvalue weighted by Crippen LogP contribution is -2.33. The van der Waals surface area contributed by atoms with E-state index in [4.69, 9.17) is 5.11 Å². The van der Waals surface area contributed by atoms with Crippen molar-refractivity contribution in [1.29, 1.82) is 0 Å². The van der Waals surface area contributed by atoms with Gasteiger partial charge in [0.25, 0.3) is 0 Å². The summed E-state index contributed by atoms with van der Waals surface area (Å²) in [5.41, 5.74) is -0.0328. The van der Waals surface area contributed by atoms with Crippen LogP contribution in [0.2, 0.25) is 0 Å². The average Bonchev–Trinajstić information content (AvgIpc) is 2.26. The highest BCUT2D eigenvalue weighted by molar-refractivity contribution is 5.96. The Kier molecular flexibility index (Phi) is 3.40. The second-order valence-electron chi connectivity index (χ2n) is 4.96. The summed E-state index contributed by atoms with van der Waals surface area (Å²) in [4.78, 5) is 22.6. The standard InChI is InChI=1S/C14H15NO4/c1-14(19)7-9(6-10(16)8-14)15-12-5-3-2-4-11(12)13(17)18/h2-6,15,19H,7-8H2,1H3,(H,17,18). The minimum absolute atomic E-state index is 0.0821. The van der Waals surface area contributed by atoms with Crippen LogP contribution in [0.25, 0.3) is 0 Å². The number of para-hydroxylation sites is 1. The Morgan fingerprint density at radius 1 is 1.32 bits per heavy atom. The van der Waals surface area contributed by atoms with E-state index in [0.29, 0.717) is 11.4 Å². The molecule has 3 N–H and O–H groups in total. The van der Waals surface area contributed by atoms with Crippen LogP contribution in [0.4, 0.5) is 5.69 Å². The Morgan fingerprint density at radius 3 is 2.63 bits per heavy atom. The van der Waals surface area contributed by atoms with E-state index in [1.54, 1.807) is 25.1 Å². The first-order valence-corrected chi connectivity index (χ1v) is 5.92. The van der Waals surface area contributed by atoms with Crippen LogP contribution in [-0.4, -0.2) is 27.6 Å². The summed E-state index contributed by atoms with van der Waals surface area (Å²) in [7, 11) is 0. The second-order valence-corrected chi connectivity index (χ2v) is 4.96. The molecule has 2 rings (SSSR count). The van der Waals surface area contributed by atoms with Crippen molar-refractivity contribution in [3.63, 3.8) is 0 Å². The molecular formula is C14H15NO4. The molecule has 1 aromatic rings. The molecule has 1 unspecified atom stereocenters. The summed E-state index contributed by atoms with van der Waals surface area (Å²) in [6, 6.07) is 6.44. The van der Waals surface area contributed by atoms with E-state index < -0.39 is 11.6 Å². The van der Waals surface area contributed by atoms with Crippen LogP contribution in [0.1, 0.15) is 30.1 Å². The number of anilines is 1. The molecule has 0 aromatic heterocycles. The fourth-order valence-electron chi connectivity index (χ4n) is 2.18. The summed E-state index contributed by atoms with van der Waals surface area (Å²) in [5.74, 6) is -1.22. The molecule has 0 spiro atoms. The van der Waals surface area contributed by atoms with Crippen LogP contribution in [0, 0.1) is 0 Å². The Bertz CT molecular complexity index is 560. The minimum Gasteiger partial charge on any atom is -0.478 e. The van der Waals surface area contributed by atoms with Crippen molar-refractivity contribution in [3.8, 4) is 0 Å². The number of hydrogen-bond donors (Lipinski definition) is 3. The Labute approximate surface area is 110 Å². The molecule has 1 aliphatic rings. The molecule has 0 radical (unpaired) electrons. The molecule has 5 nitrogen and oxygen atoms in total. The van der Waals surface area contributed by atoms with Crippen LogP contribution >= 0.6 is 0 Å². The number of carboxylic acid groups (broad SMARTS) is 1. The molecule has 0 saturated heterocycles. The predicted molar refractivity (Wildman–Crippen MR) is 70.0 cm³/mol. The van der Waals surface area contributed by atoms with Crippen molar-refractivity contribution in [2.75, 3.05) is 5.32 Å². The maximum atomic E-state index is 11.5. The SMILES string of the molecule is CC1(O)CC(=O)C=C(Nc2ccccc2C(=O)O)C1. The number of ketones is 1. The van der Waals surface area contributed by atoms with Gasteiger partial charge in [0, 0.05) is 24.6 Å². The van der Waals surface area contributed by atoms with Crippen LogP contribution < -0.4 is 5.32 Å².